The Kier molecular flexibility index (Phi) is 8.32. The van der Waals surface area contributed by atoms with Crippen molar-refractivity contribution in [2.24, 2.45) is 0 Å². The Balaban J connectivity index is 1.24. The quantitative estimate of drug-likeness (QED) is 0.151. The molecule has 0 saturated heterocycles. The van der Waals surface area contributed by atoms with Crippen LogP contribution in [0.2, 0.25) is 0 Å². The molecule has 2 aliphatic rings. The molecule has 2 aromatic heterocycles. The van der Waals surface area contributed by atoms with E-state index in [1.54, 1.807) is 6.07 Å². The molecule has 12 nitrogen and oxygen atoms in total. The van der Waals surface area contributed by atoms with Crippen LogP contribution in [0.5, 0.6) is 0 Å². The Bertz CT molecular complexity index is 3120. The molecule has 0 aliphatic carbocycles. The fourth-order valence-electron chi connectivity index (χ4n) is 7.92. The van der Waals surface area contributed by atoms with Gasteiger partial charge >= 0.3 is 18.0 Å². The van der Waals surface area contributed by atoms with E-state index in [1.807, 2.05) is 53.7 Å². The third kappa shape index (κ3) is 5.51. The van der Waals surface area contributed by atoms with Crippen LogP contribution in [0.25, 0.3) is 38.0 Å². The predicted octanol–water partition coefficient (Wildman–Crippen LogP) is 6.01. The smallest absolute Gasteiger partial charge is 0.269 e. The molecule has 0 N–H and O–H groups in total. The maximum Gasteiger partial charge on any atom is 0.459 e. The first-order chi connectivity index (χ1) is 28.0. The molecule has 19 heteroatoms. The van der Waals surface area contributed by atoms with E-state index in [1.165, 1.54) is 0 Å². The number of fused-ring (bicyclic) bond motifs is 2. The summed E-state index contributed by atoms with van der Waals surface area (Å²) in [6.07, 6.45) is -6.76. The zero-order valence-corrected chi connectivity index (χ0v) is 32.6. The Labute approximate surface area is 336 Å². The van der Waals surface area contributed by atoms with Gasteiger partial charge in [-0.25, -0.2) is 4.57 Å². The van der Waals surface area contributed by atoms with Crippen LogP contribution in [0.4, 0.5) is 30.7 Å². The van der Waals surface area contributed by atoms with Crippen LogP contribution in [0, 0.1) is 0 Å². The lowest BCUT2D eigenvalue weighted by atomic mass is 9.81. The molecule has 0 unspecified atom stereocenters. The molecule has 6 aromatic rings. The number of hydrogen-bond donors (Lipinski definition) is 0. The molecule has 4 amide bonds. The van der Waals surface area contributed by atoms with Crippen molar-refractivity contribution < 1.29 is 49.9 Å². The van der Waals surface area contributed by atoms with Gasteiger partial charge in [0.05, 0.1) is 44.9 Å². The van der Waals surface area contributed by atoms with Crippen LogP contribution in [0.1, 0.15) is 94.1 Å². The van der Waals surface area contributed by atoms with Crippen LogP contribution >= 0.6 is 0 Å². The van der Waals surface area contributed by atoms with E-state index in [-0.39, 0.29) is 25.9 Å². The van der Waals surface area contributed by atoms with Gasteiger partial charge in [0.25, 0.3) is 45.9 Å². The first-order valence-electron chi connectivity index (χ1n) is 18.3. The van der Waals surface area contributed by atoms with Crippen LogP contribution in [-0.2, 0) is 10.8 Å². The number of nitrogens with zero attached hydrogens (tertiary/aromatic N) is 4. The predicted molar refractivity (Wildman–Crippen MR) is 206 cm³/mol. The van der Waals surface area contributed by atoms with Crippen molar-refractivity contribution in [3.63, 3.8) is 0 Å². The Morgan fingerprint density at radius 1 is 0.492 bits per heavy atom. The number of amides is 4. The fraction of sp³-hybridized carbons (Fsp3) is 0.286. The summed E-state index contributed by atoms with van der Waals surface area (Å²) >= 11 is 0. The van der Waals surface area contributed by atoms with E-state index < -0.39 is 125 Å². The van der Waals surface area contributed by atoms with E-state index in [4.69, 9.17) is 0 Å². The summed E-state index contributed by atoms with van der Waals surface area (Å²) in [4.78, 5) is 111. The van der Waals surface area contributed by atoms with E-state index in [0.717, 1.165) is 46.5 Å². The molecule has 0 fully saturated rings. The lowest BCUT2D eigenvalue weighted by Crippen LogP contribution is -2.59. The van der Waals surface area contributed by atoms with Gasteiger partial charge in [0.1, 0.15) is 0 Å². The second-order valence-electron chi connectivity index (χ2n) is 17.0. The highest BCUT2D eigenvalue weighted by Crippen LogP contribution is 2.48. The van der Waals surface area contributed by atoms with Gasteiger partial charge in [0.15, 0.2) is 0 Å². The maximum absolute atomic E-state index is 14.4. The van der Waals surface area contributed by atoms with Crippen molar-refractivity contribution in [1.29, 1.82) is 0 Å². The number of rotatable bonds is 5. The van der Waals surface area contributed by atoms with Crippen molar-refractivity contribution >= 4 is 55.9 Å². The van der Waals surface area contributed by atoms with E-state index in [0.29, 0.717) is 11.3 Å². The molecule has 314 valence electrons. The summed E-state index contributed by atoms with van der Waals surface area (Å²) in [5.41, 5.74) is -5.73. The second-order valence-corrected chi connectivity index (χ2v) is 17.0. The van der Waals surface area contributed by atoms with Crippen molar-refractivity contribution in [1.82, 2.24) is 14.1 Å². The minimum Gasteiger partial charge on any atom is -0.269 e. The molecule has 0 radical (unpaired) electrons. The largest absolute Gasteiger partial charge is 0.459 e. The SMILES string of the molecule is CC(C)(C)c1ccc(C(C)(C)C)c(-n2c(=O)c3cc4c(=O)n(N5C(=O)c6ccc7c8c(ccc(c68)C5=O)C(=O)N(CC(F)(F)C(F)(F)C(F)(F)F)C7=O)c(=O)c4cc3c2=O)c1. The lowest BCUT2D eigenvalue weighted by Gasteiger charge is -2.35. The summed E-state index contributed by atoms with van der Waals surface area (Å²) in [6.45, 7) is 8.84. The first-order valence-corrected chi connectivity index (χ1v) is 18.3. The molecule has 4 heterocycles. The summed E-state index contributed by atoms with van der Waals surface area (Å²) in [5.74, 6) is -18.9. The topological polar surface area (TPSA) is 153 Å². The normalized spacial score (nSPS) is 15.4. The van der Waals surface area contributed by atoms with Gasteiger partial charge in [-0.15, -0.1) is 0 Å². The standard InChI is InChI=1S/C42H29F7N4O8/c1-38(2,3)17-7-12-26(39(4,5)6)27(13-17)51-32(56)22-14-24-25(15-23(22)33(51)57)37(61)53(36(24)60)52-34(58)20-10-8-18-28-19(9-11-21(29(20)28)35(52)59)31(55)50(30(18)54)16-40(43,44)41(45,46)42(47,48)49/h7-15H,16H2,1-6H3. The Morgan fingerprint density at radius 2 is 0.902 bits per heavy atom. The number of aromatic nitrogens is 2. The van der Waals surface area contributed by atoms with Gasteiger partial charge in [-0.05, 0) is 64.4 Å². The molecule has 0 saturated carbocycles. The summed E-state index contributed by atoms with van der Waals surface area (Å²) in [7, 11) is 0. The van der Waals surface area contributed by atoms with Crippen molar-refractivity contribution in [3.05, 3.63) is 129 Å². The highest BCUT2D eigenvalue weighted by molar-refractivity contribution is 6.37. The van der Waals surface area contributed by atoms with Gasteiger partial charge in [0.2, 0.25) is 0 Å². The third-order valence-corrected chi connectivity index (χ3v) is 11.1. The average molecular weight is 851 g/mol. The summed E-state index contributed by atoms with van der Waals surface area (Å²) < 4.78 is 96.1. The molecular weight excluding hydrogens is 821 g/mol. The van der Waals surface area contributed by atoms with Crippen LogP contribution in [0.3, 0.4) is 0 Å². The minimum absolute atomic E-state index is 0.164. The van der Waals surface area contributed by atoms with Crippen molar-refractivity contribution in [2.75, 3.05) is 11.6 Å². The first kappa shape index (κ1) is 41.0. The monoisotopic (exact) mass is 850 g/mol. The molecule has 2 aliphatic heterocycles. The van der Waals surface area contributed by atoms with E-state index >= 15 is 0 Å². The zero-order valence-electron chi connectivity index (χ0n) is 32.6. The number of alkyl halides is 7. The Morgan fingerprint density at radius 3 is 1.30 bits per heavy atom. The molecule has 0 bridgehead atoms. The summed E-state index contributed by atoms with van der Waals surface area (Å²) in [6, 6.07) is 10.7. The van der Waals surface area contributed by atoms with Gasteiger partial charge in [-0.1, -0.05) is 53.7 Å². The van der Waals surface area contributed by atoms with E-state index in [2.05, 4.69) is 0 Å². The van der Waals surface area contributed by atoms with Gasteiger partial charge in [-0.2, -0.15) is 40.4 Å². The molecular formula is C42H29F7N4O8. The molecule has 8 rings (SSSR count). The van der Waals surface area contributed by atoms with Crippen molar-refractivity contribution in [2.45, 2.75) is 70.4 Å². The van der Waals surface area contributed by atoms with Crippen LogP contribution in [0.15, 0.2) is 73.8 Å². The zero-order chi connectivity index (χ0) is 45.0. The van der Waals surface area contributed by atoms with E-state index in [9.17, 15) is 69.1 Å². The van der Waals surface area contributed by atoms with Gasteiger partial charge in [-0.3, -0.25) is 43.3 Å². The number of halogens is 7. The second kappa shape index (κ2) is 12.4. The molecule has 0 atom stereocenters. The van der Waals surface area contributed by atoms with Crippen molar-refractivity contribution in [3.8, 4) is 5.69 Å². The fourth-order valence-corrected chi connectivity index (χ4v) is 7.92. The number of imide groups is 2. The number of carbonyl (C=O) groups is 4. The highest BCUT2D eigenvalue weighted by atomic mass is 19.4. The Hall–Kier alpha value is -6.79. The number of carbonyl (C=O) groups excluding carboxylic acids is 4. The average Bonchev–Trinajstić information content (AvgIpc) is 3.55. The number of benzene rings is 4. The van der Waals surface area contributed by atoms with Crippen LogP contribution in [-0.4, -0.2) is 62.3 Å². The minimum atomic E-state index is -6.76. The molecule has 4 aromatic carbocycles. The van der Waals surface area contributed by atoms with Gasteiger partial charge in [0, 0.05) is 21.9 Å². The van der Waals surface area contributed by atoms with Crippen LogP contribution < -0.4 is 27.2 Å². The third-order valence-electron chi connectivity index (χ3n) is 11.1. The van der Waals surface area contributed by atoms with Gasteiger partial charge < -0.3 is 0 Å². The lowest BCUT2D eigenvalue weighted by molar-refractivity contribution is -0.354. The molecule has 61 heavy (non-hydrogen) atoms. The molecule has 0 spiro atoms. The summed E-state index contributed by atoms with van der Waals surface area (Å²) in [5, 5.41) is -2.13. The maximum atomic E-state index is 14.4. The highest BCUT2D eigenvalue weighted by Gasteiger charge is 2.73. The number of hydrogen-bond acceptors (Lipinski definition) is 8.